The molecule has 0 aliphatic carbocycles. The molecule has 4 aliphatic heterocycles. The van der Waals surface area contributed by atoms with E-state index in [2.05, 4.69) is 0 Å². The van der Waals surface area contributed by atoms with Crippen molar-refractivity contribution in [2.75, 3.05) is 20.3 Å². The highest BCUT2D eigenvalue weighted by molar-refractivity contribution is 6.06. The number of esters is 1. The highest BCUT2D eigenvalue weighted by Crippen LogP contribution is 2.62. The number of ether oxygens (including phenoxy) is 4. The van der Waals surface area contributed by atoms with E-state index in [9.17, 15) is 14.7 Å². The van der Waals surface area contributed by atoms with Crippen LogP contribution in [0.25, 0.3) is 6.08 Å². The molecule has 5 rings (SSSR count). The highest BCUT2D eigenvalue weighted by atomic mass is 16.6. The van der Waals surface area contributed by atoms with Gasteiger partial charge in [-0.3, -0.25) is 9.59 Å². The van der Waals surface area contributed by atoms with Crippen molar-refractivity contribution in [2.45, 2.75) is 30.7 Å². The van der Waals surface area contributed by atoms with Gasteiger partial charge >= 0.3 is 5.97 Å². The molecule has 136 valence electrons. The number of cyclic esters (lactones) is 1. The van der Waals surface area contributed by atoms with Gasteiger partial charge in [0.05, 0.1) is 7.11 Å². The number of phenols is 1. The second-order valence-corrected chi connectivity index (χ2v) is 7.25. The first kappa shape index (κ1) is 15.8. The van der Waals surface area contributed by atoms with Crippen molar-refractivity contribution < 1.29 is 33.6 Å². The Hall–Kier alpha value is -2.38. The zero-order valence-corrected chi connectivity index (χ0v) is 14.2. The second-order valence-electron chi connectivity index (χ2n) is 7.25. The third-order valence-electron chi connectivity index (χ3n) is 6.13. The highest BCUT2D eigenvalue weighted by Gasteiger charge is 2.77. The van der Waals surface area contributed by atoms with Gasteiger partial charge in [-0.15, -0.1) is 0 Å². The molecule has 1 spiro atoms. The number of benzene rings is 1. The molecule has 7 heteroatoms. The lowest BCUT2D eigenvalue weighted by atomic mass is 9.67. The maximum atomic E-state index is 13.0. The molecule has 4 fully saturated rings. The van der Waals surface area contributed by atoms with Crippen molar-refractivity contribution in [3.8, 4) is 11.5 Å². The lowest BCUT2D eigenvalue weighted by Crippen LogP contribution is -2.62. The van der Waals surface area contributed by atoms with Crippen LogP contribution in [-0.2, 0) is 23.8 Å². The zero-order valence-electron chi connectivity index (χ0n) is 14.2. The molecule has 0 aromatic heterocycles. The van der Waals surface area contributed by atoms with Crippen LogP contribution >= 0.6 is 0 Å². The van der Waals surface area contributed by atoms with Crippen LogP contribution in [-0.4, -0.2) is 55.0 Å². The minimum absolute atomic E-state index is 0.0225. The first-order valence-corrected chi connectivity index (χ1v) is 8.60. The molecule has 0 amide bonds. The molecule has 4 saturated heterocycles. The zero-order chi connectivity index (χ0) is 18.1. The Labute approximate surface area is 149 Å². The van der Waals surface area contributed by atoms with E-state index in [1.807, 2.05) is 0 Å². The molecule has 26 heavy (non-hydrogen) atoms. The van der Waals surface area contributed by atoms with E-state index in [1.54, 1.807) is 18.2 Å². The molecular formula is C19H18O7. The second kappa shape index (κ2) is 5.08. The van der Waals surface area contributed by atoms with Gasteiger partial charge in [0.15, 0.2) is 17.3 Å². The summed E-state index contributed by atoms with van der Waals surface area (Å²) < 4.78 is 22.5. The van der Waals surface area contributed by atoms with Crippen molar-refractivity contribution in [2.24, 2.45) is 5.41 Å². The number of hydrogen-bond acceptors (Lipinski definition) is 7. The van der Waals surface area contributed by atoms with Gasteiger partial charge in [0.2, 0.25) is 0 Å². The fraction of sp³-hybridized carbons (Fsp3) is 0.474. The fourth-order valence-corrected chi connectivity index (χ4v) is 4.84. The lowest BCUT2D eigenvalue weighted by molar-refractivity contribution is -0.197. The number of phenolic OH excluding ortho intramolecular Hbond substituents is 1. The van der Waals surface area contributed by atoms with Gasteiger partial charge in [-0.05, 0) is 30.2 Å². The maximum absolute atomic E-state index is 13.0. The van der Waals surface area contributed by atoms with E-state index in [0.717, 1.165) is 0 Å². The summed E-state index contributed by atoms with van der Waals surface area (Å²) in [6.07, 6.45) is 1.30. The normalized spacial score (nSPS) is 39.0. The fourth-order valence-electron chi connectivity index (χ4n) is 4.84. The minimum atomic E-state index is -0.923. The van der Waals surface area contributed by atoms with Crippen molar-refractivity contribution in [1.29, 1.82) is 0 Å². The van der Waals surface area contributed by atoms with E-state index < -0.39 is 23.2 Å². The number of fused-ring (bicyclic) bond motifs is 1. The molecule has 0 saturated carbocycles. The number of methoxy groups -OCH3 is 1. The summed E-state index contributed by atoms with van der Waals surface area (Å²) in [5.41, 5.74) is -0.536. The molecule has 2 bridgehead atoms. The average molecular weight is 358 g/mol. The van der Waals surface area contributed by atoms with Gasteiger partial charge in [-0.25, -0.2) is 0 Å². The summed E-state index contributed by atoms with van der Waals surface area (Å²) in [7, 11) is 1.46. The molecule has 1 unspecified atom stereocenters. The van der Waals surface area contributed by atoms with Gasteiger partial charge < -0.3 is 24.1 Å². The van der Waals surface area contributed by atoms with E-state index >= 15 is 0 Å². The predicted octanol–water partition coefficient (Wildman–Crippen LogP) is 1.23. The summed E-state index contributed by atoms with van der Waals surface area (Å²) in [6, 6.07) is 4.85. The summed E-state index contributed by atoms with van der Waals surface area (Å²) in [5.74, 6) is -0.0996. The largest absolute Gasteiger partial charge is 0.504 e. The predicted molar refractivity (Wildman–Crippen MR) is 87.6 cm³/mol. The molecule has 7 nitrogen and oxygen atoms in total. The Bertz CT molecular complexity index is 859. The van der Waals surface area contributed by atoms with Crippen LogP contribution in [0.15, 0.2) is 23.8 Å². The lowest BCUT2D eigenvalue weighted by Gasteiger charge is -2.46. The summed E-state index contributed by atoms with van der Waals surface area (Å²) in [5, 5.41) is 9.77. The Morgan fingerprint density at radius 1 is 1.35 bits per heavy atom. The average Bonchev–Trinajstić information content (AvgIpc) is 3.13. The van der Waals surface area contributed by atoms with Crippen LogP contribution in [0.1, 0.15) is 18.4 Å². The van der Waals surface area contributed by atoms with E-state index in [0.29, 0.717) is 36.3 Å². The SMILES string of the molecule is COc1cc(/C=C2/C(=O)C3C[C@@]45CCO[C@@H]2[C@@]4(COC5=O)O3)ccc1O. The van der Waals surface area contributed by atoms with Gasteiger partial charge in [-0.2, -0.15) is 0 Å². The van der Waals surface area contributed by atoms with Gasteiger partial charge in [0.1, 0.15) is 29.8 Å². The smallest absolute Gasteiger partial charge is 0.315 e. The summed E-state index contributed by atoms with van der Waals surface area (Å²) in [6.45, 7) is 0.484. The van der Waals surface area contributed by atoms with E-state index in [4.69, 9.17) is 18.9 Å². The van der Waals surface area contributed by atoms with Gasteiger partial charge in [0, 0.05) is 18.6 Å². The van der Waals surface area contributed by atoms with Crippen molar-refractivity contribution >= 4 is 17.8 Å². The van der Waals surface area contributed by atoms with E-state index in [-0.39, 0.29) is 24.1 Å². The number of carbonyl (C=O) groups excluding carboxylic acids is 2. The maximum Gasteiger partial charge on any atom is 0.315 e. The third-order valence-corrected chi connectivity index (χ3v) is 6.13. The van der Waals surface area contributed by atoms with Crippen LogP contribution < -0.4 is 4.74 Å². The van der Waals surface area contributed by atoms with Gasteiger partial charge in [-0.1, -0.05) is 6.07 Å². The van der Waals surface area contributed by atoms with E-state index in [1.165, 1.54) is 13.2 Å². The Balaban J connectivity index is 1.63. The monoisotopic (exact) mass is 358 g/mol. The number of aromatic hydroxyl groups is 1. The molecule has 0 radical (unpaired) electrons. The number of carbonyl (C=O) groups is 2. The number of Topliss-reactive ketones (excluding diaryl/α,β-unsaturated/α-hetero) is 1. The van der Waals surface area contributed by atoms with Crippen LogP contribution in [0.4, 0.5) is 0 Å². The van der Waals surface area contributed by atoms with Gasteiger partial charge in [0.25, 0.3) is 0 Å². The van der Waals surface area contributed by atoms with Crippen LogP contribution in [0.5, 0.6) is 11.5 Å². The third kappa shape index (κ3) is 1.74. The molecule has 4 heterocycles. The van der Waals surface area contributed by atoms with Crippen molar-refractivity contribution in [3.63, 3.8) is 0 Å². The quantitative estimate of drug-likeness (QED) is 0.628. The van der Waals surface area contributed by atoms with Crippen molar-refractivity contribution in [3.05, 3.63) is 29.3 Å². The van der Waals surface area contributed by atoms with Crippen LogP contribution in [0.2, 0.25) is 0 Å². The molecular weight excluding hydrogens is 340 g/mol. The molecule has 1 aromatic rings. The standard InChI is InChI=1S/C19H18O7/c1-23-13-7-10(2-3-12(13)20)6-11-15(21)14-8-18-4-5-24-16(11)19(18,26-14)9-25-17(18)22/h2-3,6-7,14,16,20H,4-5,8-9H2,1H3/b11-6-/t14?,16-,18+,19+/m0/s1. The summed E-state index contributed by atoms with van der Waals surface area (Å²) >= 11 is 0. The van der Waals surface area contributed by atoms with Crippen LogP contribution in [0, 0.1) is 5.41 Å². The summed E-state index contributed by atoms with van der Waals surface area (Å²) in [4.78, 5) is 25.5. The van der Waals surface area contributed by atoms with Crippen LogP contribution in [0.3, 0.4) is 0 Å². The number of ketones is 1. The van der Waals surface area contributed by atoms with Crippen molar-refractivity contribution in [1.82, 2.24) is 0 Å². The number of hydrogen-bond donors (Lipinski definition) is 1. The Morgan fingerprint density at radius 3 is 3.00 bits per heavy atom. The Morgan fingerprint density at radius 2 is 2.19 bits per heavy atom. The topological polar surface area (TPSA) is 91.3 Å². The Kier molecular flexibility index (Phi) is 3.10. The molecule has 4 atom stereocenters. The molecule has 1 N–H and O–H groups in total. The first-order valence-electron chi connectivity index (χ1n) is 8.60. The first-order chi connectivity index (χ1) is 12.5. The number of rotatable bonds is 2. The molecule has 1 aromatic carbocycles. The molecule has 4 aliphatic rings. The minimum Gasteiger partial charge on any atom is -0.504 e.